The Hall–Kier alpha value is -0.680. The van der Waals surface area contributed by atoms with Crippen LogP contribution in [0.2, 0.25) is 0 Å². The van der Waals surface area contributed by atoms with Gasteiger partial charge in [0.1, 0.15) is 0 Å². The van der Waals surface area contributed by atoms with Crippen molar-refractivity contribution < 1.29 is 0 Å². The van der Waals surface area contributed by atoms with Gasteiger partial charge in [-0.05, 0) is 0 Å². The van der Waals surface area contributed by atoms with E-state index in [9.17, 15) is 4.79 Å². The molecular weight excluding hydrogens is 192 g/mol. The van der Waals surface area contributed by atoms with Gasteiger partial charge >= 0.3 is 4.87 Å². The van der Waals surface area contributed by atoms with Crippen molar-refractivity contribution in [3.8, 4) is 0 Å². The number of aromatic nitrogens is 1. The summed E-state index contributed by atoms with van der Waals surface area (Å²) in [6.07, 6.45) is 1.75. The summed E-state index contributed by atoms with van der Waals surface area (Å²) in [5.41, 5.74) is 5.42. The standard InChI is InChI=1S/C7H10N2OS2/c1-5(6(8)11)4-9-2-3-12-7(9)10/h2-3,5H,4H2,1H3,(H2,8,11). The molecule has 3 nitrogen and oxygen atoms in total. The molecule has 0 bridgehead atoms. The van der Waals surface area contributed by atoms with Crippen molar-refractivity contribution in [1.29, 1.82) is 0 Å². The minimum absolute atomic E-state index is 0.0399. The molecule has 0 radical (unpaired) electrons. The Balaban J connectivity index is 2.70. The maximum Gasteiger partial charge on any atom is 0.307 e. The summed E-state index contributed by atoms with van der Waals surface area (Å²) in [7, 11) is 0. The second kappa shape index (κ2) is 3.82. The molecule has 1 aromatic heterocycles. The number of nitrogens with two attached hydrogens (primary N) is 1. The third kappa shape index (κ3) is 2.15. The molecule has 0 saturated heterocycles. The maximum absolute atomic E-state index is 11.1. The average Bonchev–Trinajstić information content (AvgIpc) is 2.36. The summed E-state index contributed by atoms with van der Waals surface area (Å²) >= 11 is 5.98. The van der Waals surface area contributed by atoms with E-state index in [1.807, 2.05) is 6.92 Å². The van der Waals surface area contributed by atoms with Crippen LogP contribution < -0.4 is 10.6 Å². The van der Waals surface area contributed by atoms with Crippen molar-refractivity contribution >= 4 is 28.5 Å². The van der Waals surface area contributed by atoms with E-state index >= 15 is 0 Å². The van der Waals surface area contributed by atoms with Crippen LogP contribution in [-0.4, -0.2) is 9.56 Å². The molecule has 12 heavy (non-hydrogen) atoms. The van der Waals surface area contributed by atoms with Crippen LogP contribution in [0.5, 0.6) is 0 Å². The van der Waals surface area contributed by atoms with Gasteiger partial charge in [0.25, 0.3) is 0 Å². The molecule has 1 atom stereocenters. The van der Waals surface area contributed by atoms with Gasteiger partial charge in [0, 0.05) is 24.0 Å². The minimum Gasteiger partial charge on any atom is -0.393 e. The number of thiazole rings is 1. The average molecular weight is 202 g/mol. The van der Waals surface area contributed by atoms with Gasteiger partial charge in [-0.15, -0.1) is 0 Å². The Morgan fingerprint density at radius 3 is 3.00 bits per heavy atom. The first kappa shape index (κ1) is 9.41. The Kier molecular flexibility index (Phi) is 2.99. The molecule has 0 fully saturated rings. The molecular formula is C7H10N2OS2. The molecule has 0 amide bonds. The molecule has 5 heteroatoms. The van der Waals surface area contributed by atoms with Crippen molar-refractivity contribution in [2.45, 2.75) is 13.5 Å². The molecule has 0 spiro atoms. The lowest BCUT2D eigenvalue weighted by Crippen LogP contribution is -2.26. The summed E-state index contributed by atoms with van der Waals surface area (Å²) in [5.74, 6) is 0.0762. The zero-order chi connectivity index (χ0) is 9.14. The summed E-state index contributed by atoms with van der Waals surface area (Å²) < 4.78 is 1.62. The summed E-state index contributed by atoms with van der Waals surface area (Å²) in [6, 6.07) is 0. The Morgan fingerprint density at radius 1 is 1.92 bits per heavy atom. The van der Waals surface area contributed by atoms with Crippen LogP contribution in [0.4, 0.5) is 0 Å². The number of rotatable bonds is 3. The first-order valence-corrected chi connectivity index (χ1v) is 4.83. The smallest absolute Gasteiger partial charge is 0.307 e. The van der Waals surface area contributed by atoms with E-state index in [0.717, 1.165) is 0 Å². The van der Waals surface area contributed by atoms with Gasteiger partial charge < -0.3 is 10.3 Å². The molecule has 0 saturated carbocycles. The summed E-state index contributed by atoms with van der Waals surface area (Å²) in [4.78, 5) is 11.6. The number of hydrogen-bond donors (Lipinski definition) is 1. The summed E-state index contributed by atoms with van der Waals surface area (Å²) in [6.45, 7) is 2.49. The van der Waals surface area contributed by atoms with E-state index in [0.29, 0.717) is 11.5 Å². The molecule has 1 unspecified atom stereocenters. The second-order valence-electron chi connectivity index (χ2n) is 2.62. The lowest BCUT2D eigenvalue weighted by atomic mass is 10.2. The van der Waals surface area contributed by atoms with Crippen LogP contribution in [0, 0.1) is 5.92 Å². The fourth-order valence-corrected chi connectivity index (χ4v) is 1.48. The molecule has 0 aliphatic carbocycles. The largest absolute Gasteiger partial charge is 0.393 e. The number of hydrogen-bond acceptors (Lipinski definition) is 3. The molecule has 0 aliphatic rings. The lowest BCUT2D eigenvalue weighted by molar-refractivity contribution is 0.591. The van der Waals surface area contributed by atoms with Crippen LogP contribution in [0.3, 0.4) is 0 Å². The van der Waals surface area contributed by atoms with E-state index in [1.54, 1.807) is 16.1 Å². The molecule has 1 heterocycles. The zero-order valence-corrected chi connectivity index (χ0v) is 8.32. The first-order valence-electron chi connectivity index (χ1n) is 3.54. The highest BCUT2D eigenvalue weighted by atomic mass is 32.1. The lowest BCUT2D eigenvalue weighted by Gasteiger charge is -2.08. The molecule has 2 N–H and O–H groups in total. The second-order valence-corrected chi connectivity index (χ2v) is 3.95. The van der Waals surface area contributed by atoms with Gasteiger partial charge in [-0.1, -0.05) is 30.5 Å². The molecule has 0 aliphatic heterocycles. The van der Waals surface area contributed by atoms with Crippen LogP contribution >= 0.6 is 23.6 Å². The van der Waals surface area contributed by atoms with E-state index in [-0.39, 0.29) is 10.8 Å². The van der Waals surface area contributed by atoms with Crippen LogP contribution in [0.1, 0.15) is 6.92 Å². The monoisotopic (exact) mass is 202 g/mol. The van der Waals surface area contributed by atoms with Crippen LogP contribution in [0.25, 0.3) is 0 Å². The predicted molar refractivity (Wildman–Crippen MR) is 54.5 cm³/mol. The Bertz CT molecular complexity index is 328. The van der Waals surface area contributed by atoms with E-state index in [4.69, 9.17) is 18.0 Å². The fourth-order valence-electron chi connectivity index (χ4n) is 0.811. The van der Waals surface area contributed by atoms with Crippen molar-refractivity contribution in [3.63, 3.8) is 0 Å². The quantitative estimate of drug-likeness (QED) is 0.739. The molecule has 1 rings (SSSR count). The Morgan fingerprint density at radius 2 is 2.58 bits per heavy atom. The molecule has 0 aromatic carbocycles. The highest BCUT2D eigenvalue weighted by Gasteiger charge is 2.06. The highest BCUT2D eigenvalue weighted by Crippen LogP contribution is 1.99. The van der Waals surface area contributed by atoms with Crippen LogP contribution in [-0.2, 0) is 6.54 Å². The maximum atomic E-state index is 11.1. The topological polar surface area (TPSA) is 48.0 Å². The number of nitrogens with zero attached hydrogens (tertiary/aromatic N) is 1. The third-order valence-electron chi connectivity index (χ3n) is 1.60. The van der Waals surface area contributed by atoms with Crippen molar-refractivity contribution in [1.82, 2.24) is 4.57 Å². The Labute approximate surface area is 79.8 Å². The van der Waals surface area contributed by atoms with Gasteiger partial charge in [-0.2, -0.15) is 0 Å². The van der Waals surface area contributed by atoms with E-state index in [1.165, 1.54) is 11.3 Å². The van der Waals surface area contributed by atoms with Crippen molar-refractivity contribution in [3.05, 3.63) is 21.2 Å². The van der Waals surface area contributed by atoms with Gasteiger partial charge in [-0.25, -0.2) is 0 Å². The van der Waals surface area contributed by atoms with Gasteiger partial charge in [0.05, 0.1) is 4.99 Å². The van der Waals surface area contributed by atoms with E-state index in [2.05, 4.69) is 0 Å². The van der Waals surface area contributed by atoms with Gasteiger partial charge in [-0.3, -0.25) is 4.79 Å². The normalized spacial score (nSPS) is 12.8. The van der Waals surface area contributed by atoms with Crippen LogP contribution in [0.15, 0.2) is 16.4 Å². The summed E-state index contributed by atoms with van der Waals surface area (Å²) in [5, 5.41) is 1.76. The van der Waals surface area contributed by atoms with Crippen molar-refractivity contribution in [2.75, 3.05) is 0 Å². The van der Waals surface area contributed by atoms with Crippen molar-refractivity contribution in [2.24, 2.45) is 11.7 Å². The predicted octanol–water partition coefficient (Wildman–Crippen LogP) is 0.832. The first-order chi connectivity index (χ1) is 5.61. The van der Waals surface area contributed by atoms with Gasteiger partial charge in [0.2, 0.25) is 0 Å². The zero-order valence-electron chi connectivity index (χ0n) is 6.69. The highest BCUT2D eigenvalue weighted by molar-refractivity contribution is 7.80. The fraction of sp³-hybridized carbons (Fsp3) is 0.429. The SMILES string of the molecule is CC(Cn1ccsc1=O)C(N)=S. The molecule has 66 valence electrons. The number of thiocarbonyl (C=S) groups is 1. The third-order valence-corrected chi connectivity index (χ3v) is 2.70. The molecule has 1 aromatic rings. The minimum atomic E-state index is 0.0399. The van der Waals surface area contributed by atoms with Gasteiger partial charge in [0.15, 0.2) is 0 Å². The van der Waals surface area contributed by atoms with E-state index < -0.39 is 0 Å².